The van der Waals surface area contributed by atoms with Gasteiger partial charge in [-0.25, -0.2) is 4.79 Å². The molecule has 1 fully saturated rings. The minimum atomic E-state index is -0.893. The van der Waals surface area contributed by atoms with Crippen LogP contribution in [0.1, 0.15) is 11.1 Å². The molecule has 0 bridgehead atoms. The number of benzene rings is 2. The number of methoxy groups -OCH3 is 1. The number of hydrogen-bond acceptors (Lipinski definition) is 6. The standard InChI is InChI=1S/C21H18ClN3O6/c1-11-3-5-13(6-4-11)23-17(26)10-31-18-15(22)8-12(9-16(18)30-2)7-14-19(27)24-21(29)25-20(14)28/h3-9H,10H2,1-2H3,(H,23,26)(H2,24,25,27,28,29). The minimum Gasteiger partial charge on any atom is -0.493 e. The Morgan fingerprint density at radius 3 is 2.35 bits per heavy atom. The number of imide groups is 2. The van der Waals surface area contributed by atoms with Gasteiger partial charge in [0.15, 0.2) is 18.1 Å². The van der Waals surface area contributed by atoms with E-state index in [1.165, 1.54) is 25.3 Å². The maximum Gasteiger partial charge on any atom is 0.328 e. The van der Waals surface area contributed by atoms with E-state index in [0.29, 0.717) is 11.3 Å². The lowest BCUT2D eigenvalue weighted by Crippen LogP contribution is -2.51. The van der Waals surface area contributed by atoms with Gasteiger partial charge in [-0.1, -0.05) is 29.3 Å². The predicted octanol–water partition coefficient (Wildman–Crippen LogP) is 2.42. The Morgan fingerprint density at radius 2 is 1.74 bits per heavy atom. The van der Waals surface area contributed by atoms with Crippen molar-refractivity contribution in [1.29, 1.82) is 0 Å². The summed E-state index contributed by atoms with van der Waals surface area (Å²) in [6.45, 7) is 1.62. The maximum atomic E-state index is 12.2. The second-order valence-electron chi connectivity index (χ2n) is 6.53. The van der Waals surface area contributed by atoms with E-state index in [1.54, 1.807) is 12.1 Å². The summed E-state index contributed by atoms with van der Waals surface area (Å²) >= 11 is 6.27. The van der Waals surface area contributed by atoms with Crippen LogP contribution in [0.5, 0.6) is 11.5 Å². The molecular weight excluding hydrogens is 426 g/mol. The first-order valence-corrected chi connectivity index (χ1v) is 9.40. The number of anilines is 1. The van der Waals surface area contributed by atoms with E-state index in [2.05, 4.69) is 5.32 Å². The number of rotatable bonds is 6. The molecule has 1 aliphatic rings. The molecular formula is C21H18ClN3O6. The summed E-state index contributed by atoms with van der Waals surface area (Å²) in [4.78, 5) is 47.1. The van der Waals surface area contributed by atoms with Crippen LogP contribution in [0.3, 0.4) is 0 Å². The molecule has 1 heterocycles. The van der Waals surface area contributed by atoms with Crippen molar-refractivity contribution < 1.29 is 28.7 Å². The zero-order valence-electron chi connectivity index (χ0n) is 16.6. The number of nitrogens with one attached hydrogen (secondary N) is 3. The second kappa shape index (κ2) is 9.31. The van der Waals surface area contributed by atoms with Gasteiger partial charge < -0.3 is 14.8 Å². The zero-order valence-corrected chi connectivity index (χ0v) is 17.3. The fourth-order valence-corrected chi connectivity index (χ4v) is 2.98. The monoisotopic (exact) mass is 443 g/mol. The summed E-state index contributed by atoms with van der Waals surface area (Å²) in [5.74, 6) is -1.75. The number of carbonyl (C=O) groups excluding carboxylic acids is 4. The number of aryl methyl sites for hydroxylation is 1. The summed E-state index contributed by atoms with van der Waals surface area (Å²) in [5, 5.41) is 6.76. The molecule has 2 aromatic carbocycles. The number of carbonyl (C=O) groups is 4. The molecule has 0 spiro atoms. The van der Waals surface area contributed by atoms with Gasteiger partial charge >= 0.3 is 6.03 Å². The van der Waals surface area contributed by atoms with Crippen LogP contribution in [0.2, 0.25) is 5.02 Å². The molecule has 0 saturated carbocycles. The molecule has 0 atom stereocenters. The van der Waals surface area contributed by atoms with Crippen molar-refractivity contribution in [2.75, 3.05) is 19.0 Å². The Balaban J connectivity index is 1.75. The molecule has 2 aromatic rings. The van der Waals surface area contributed by atoms with Crippen molar-refractivity contribution >= 4 is 47.1 Å². The number of ether oxygens (including phenoxy) is 2. The number of urea groups is 1. The fourth-order valence-electron chi connectivity index (χ4n) is 2.71. The number of amides is 5. The van der Waals surface area contributed by atoms with Crippen molar-refractivity contribution in [1.82, 2.24) is 10.6 Å². The zero-order chi connectivity index (χ0) is 22.5. The Hall–Kier alpha value is -3.85. The molecule has 160 valence electrons. The largest absolute Gasteiger partial charge is 0.493 e. The lowest BCUT2D eigenvalue weighted by Gasteiger charge is -2.15. The number of barbiturate groups is 1. The van der Waals surface area contributed by atoms with Gasteiger partial charge in [-0.2, -0.15) is 0 Å². The van der Waals surface area contributed by atoms with Crippen LogP contribution < -0.4 is 25.4 Å². The third kappa shape index (κ3) is 5.40. The highest BCUT2D eigenvalue weighted by atomic mass is 35.5. The van der Waals surface area contributed by atoms with Crippen molar-refractivity contribution in [2.24, 2.45) is 0 Å². The third-order valence-corrected chi connectivity index (χ3v) is 4.47. The van der Waals surface area contributed by atoms with Gasteiger partial charge in [-0.05, 0) is 42.8 Å². The van der Waals surface area contributed by atoms with Crippen LogP contribution in [0.25, 0.3) is 6.08 Å². The first-order chi connectivity index (χ1) is 14.8. The molecule has 0 aliphatic carbocycles. The van der Waals surface area contributed by atoms with E-state index in [1.807, 2.05) is 29.7 Å². The van der Waals surface area contributed by atoms with Gasteiger partial charge in [0.25, 0.3) is 17.7 Å². The summed E-state index contributed by atoms with van der Waals surface area (Å²) in [6.07, 6.45) is 1.25. The van der Waals surface area contributed by atoms with Crippen molar-refractivity contribution in [2.45, 2.75) is 6.92 Å². The van der Waals surface area contributed by atoms with E-state index in [9.17, 15) is 19.2 Å². The van der Waals surface area contributed by atoms with E-state index in [-0.39, 0.29) is 28.7 Å². The van der Waals surface area contributed by atoms with E-state index >= 15 is 0 Å². The van der Waals surface area contributed by atoms with Crippen LogP contribution in [-0.4, -0.2) is 37.5 Å². The third-order valence-electron chi connectivity index (χ3n) is 4.19. The van der Waals surface area contributed by atoms with Crippen LogP contribution >= 0.6 is 11.6 Å². The van der Waals surface area contributed by atoms with E-state index < -0.39 is 23.8 Å². The molecule has 1 saturated heterocycles. The molecule has 9 nitrogen and oxygen atoms in total. The number of hydrogen-bond donors (Lipinski definition) is 3. The SMILES string of the molecule is COc1cc(C=C2C(=O)NC(=O)NC2=O)cc(Cl)c1OCC(=O)Nc1ccc(C)cc1. The molecule has 3 rings (SSSR count). The predicted molar refractivity (Wildman–Crippen MR) is 113 cm³/mol. The lowest BCUT2D eigenvalue weighted by molar-refractivity contribution is -0.124. The summed E-state index contributed by atoms with van der Waals surface area (Å²) in [5.41, 5.74) is 1.77. The first-order valence-electron chi connectivity index (χ1n) is 9.02. The van der Waals surface area contributed by atoms with Crippen molar-refractivity contribution in [3.63, 3.8) is 0 Å². The highest BCUT2D eigenvalue weighted by molar-refractivity contribution is 6.33. The fraction of sp³-hybridized carbons (Fsp3) is 0.143. The molecule has 10 heteroatoms. The second-order valence-corrected chi connectivity index (χ2v) is 6.94. The van der Waals surface area contributed by atoms with Crippen LogP contribution in [-0.2, 0) is 14.4 Å². The normalized spacial score (nSPS) is 13.3. The Morgan fingerprint density at radius 1 is 1.10 bits per heavy atom. The first kappa shape index (κ1) is 21.8. The molecule has 5 amide bonds. The minimum absolute atomic E-state index is 0.0991. The Kier molecular flexibility index (Phi) is 6.56. The van der Waals surface area contributed by atoms with Crippen LogP contribution in [0.4, 0.5) is 10.5 Å². The van der Waals surface area contributed by atoms with Gasteiger partial charge in [0.1, 0.15) is 5.57 Å². The topological polar surface area (TPSA) is 123 Å². The summed E-state index contributed by atoms with van der Waals surface area (Å²) in [7, 11) is 1.38. The molecule has 0 aromatic heterocycles. The molecule has 0 unspecified atom stereocenters. The summed E-state index contributed by atoms with van der Waals surface area (Å²) < 4.78 is 10.8. The summed E-state index contributed by atoms with van der Waals surface area (Å²) in [6, 6.07) is 9.29. The van der Waals surface area contributed by atoms with Crippen LogP contribution in [0.15, 0.2) is 42.0 Å². The highest BCUT2D eigenvalue weighted by Crippen LogP contribution is 2.37. The smallest absolute Gasteiger partial charge is 0.328 e. The van der Waals surface area contributed by atoms with Gasteiger partial charge in [0.2, 0.25) is 0 Å². The highest BCUT2D eigenvalue weighted by Gasteiger charge is 2.28. The quantitative estimate of drug-likeness (QED) is 0.465. The van der Waals surface area contributed by atoms with Crippen LogP contribution in [0, 0.1) is 6.92 Å². The Labute approximate surface area is 182 Å². The number of halogens is 1. The molecule has 0 radical (unpaired) electrons. The van der Waals surface area contributed by atoms with Gasteiger partial charge in [0.05, 0.1) is 12.1 Å². The Bertz CT molecular complexity index is 1070. The molecule has 3 N–H and O–H groups in total. The molecule has 1 aliphatic heterocycles. The van der Waals surface area contributed by atoms with Gasteiger partial charge in [-0.3, -0.25) is 25.0 Å². The average molecular weight is 444 g/mol. The van der Waals surface area contributed by atoms with Gasteiger partial charge in [0, 0.05) is 5.69 Å². The van der Waals surface area contributed by atoms with Gasteiger partial charge in [-0.15, -0.1) is 0 Å². The lowest BCUT2D eigenvalue weighted by atomic mass is 10.1. The maximum absolute atomic E-state index is 12.2. The average Bonchev–Trinajstić information content (AvgIpc) is 2.71. The molecule has 31 heavy (non-hydrogen) atoms. The van der Waals surface area contributed by atoms with E-state index in [4.69, 9.17) is 21.1 Å². The van der Waals surface area contributed by atoms with Crippen molar-refractivity contribution in [3.05, 3.63) is 58.1 Å². The van der Waals surface area contributed by atoms with E-state index in [0.717, 1.165) is 5.56 Å². The van der Waals surface area contributed by atoms with Crippen molar-refractivity contribution in [3.8, 4) is 11.5 Å².